The Balaban J connectivity index is 1.64. The van der Waals surface area contributed by atoms with Gasteiger partial charge in [0.25, 0.3) is 0 Å². The molecule has 1 fully saturated rings. The van der Waals surface area contributed by atoms with Gasteiger partial charge in [0.05, 0.1) is 24.8 Å². The molecule has 1 atom stereocenters. The molecule has 0 aromatic heterocycles. The van der Waals surface area contributed by atoms with Crippen molar-refractivity contribution in [1.29, 1.82) is 0 Å². The quantitative estimate of drug-likeness (QED) is 0.912. The van der Waals surface area contributed by atoms with Crippen molar-refractivity contribution in [3.05, 3.63) is 60.2 Å². The summed E-state index contributed by atoms with van der Waals surface area (Å²) >= 11 is 0. The summed E-state index contributed by atoms with van der Waals surface area (Å²) in [6, 6.07) is 17.3. The van der Waals surface area contributed by atoms with Gasteiger partial charge in [0.15, 0.2) is 0 Å². The fourth-order valence-electron chi connectivity index (χ4n) is 3.51. The summed E-state index contributed by atoms with van der Waals surface area (Å²) in [5.74, 6) is 0.653. The fourth-order valence-corrected chi connectivity index (χ4v) is 3.51. The third-order valence-corrected chi connectivity index (χ3v) is 4.76. The minimum Gasteiger partial charge on any atom is -0.489 e. The third kappa shape index (κ3) is 3.28. The second kappa shape index (κ2) is 7.17. The Labute approximate surface area is 152 Å². The average molecular weight is 351 g/mol. The van der Waals surface area contributed by atoms with E-state index in [-0.39, 0.29) is 30.9 Å². The van der Waals surface area contributed by atoms with Crippen LogP contribution < -0.4 is 15.0 Å². The molecule has 0 unspecified atom stereocenters. The number of hydrogen-bond donors (Lipinski definition) is 1. The zero-order chi connectivity index (χ0) is 17.9. The Bertz CT molecular complexity index is 809. The van der Waals surface area contributed by atoms with Crippen LogP contribution in [-0.4, -0.2) is 49.5 Å². The van der Waals surface area contributed by atoms with Gasteiger partial charge < -0.3 is 10.1 Å². The van der Waals surface area contributed by atoms with Gasteiger partial charge >= 0.3 is 0 Å². The predicted octanol–water partition coefficient (Wildman–Crippen LogP) is 1.59. The highest BCUT2D eigenvalue weighted by molar-refractivity contribution is 5.97. The maximum atomic E-state index is 13.2. The summed E-state index contributed by atoms with van der Waals surface area (Å²) in [6.07, 6.45) is 0. The molecule has 0 aliphatic carbocycles. The van der Waals surface area contributed by atoms with Crippen LogP contribution in [0.2, 0.25) is 0 Å². The molecule has 0 spiro atoms. The van der Waals surface area contributed by atoms with E-state index in [1.807, 2.05) is 64.4 Å². The predicted molar refractivity (Wildman–Crippen MR) is 98.1 cm³/mol. The highest BCUT2D eigenvalue weighted by atomic mass is 16.5. The summed E-state index contributed by atoms with van der Waals surface area (Å²) in [4.78, 5) is 28.5. The van der Waals surface area contributed by atoms with Gasteiger partial charge in [-0.2, -0.15) is 0 Å². The van der Waals surface area contributed by atoms with Crippen molar-refractivity contribution < 1.29 is 14.3 Å². The van der Waals surface area contributed by atoms with Crippen LogP contribution in [-0.2, 0) is 9.59 Å². The van der Waals surface area contributed by atoms with Crippen LogP contribution in [0.15, 0.2) is 54.6 Å². The molecule has 26 heavy (non-hydrogen) atoms. The van der Waals surface area contributed by atoms with E-state index in [4.69, 9.17) is 4.74 Å². The zero-order valence-electron chi connectivity index (χ0n) is 14.4. The molecule has 6 nitrogen and oxygen atoms in total. The monoisotopic (exact) mass is 351 g/mol. The molecule has 2 amide bonds. The number of piperazine rings is 1. The van der Waals surface area contributed by atoms with Crippen LogP contribution in [0.1, 0.15) is 11.6 Å². The normalized spacial score (nSPS) is 20.1. The number of hydrogen-bond acceptors (Lipinski definition) is 4. The lowest BCUT2D eigenvalue weighted by Gasteiger charge is -2.38. The molecule has 1 N–H and O–H groups in total. The van der Waals surface area contributed by atoms with Gasteiger partial charge in [-0.3, -0.25) is 19.4 Å². The van der Waals surface area contributed by atoms with E-state index in [0.29, 0.717) is 25.4 Å². The number of fused-ring (bicyclic) bond motifs is 1. The van der Waals surface area contributed by atoms with Gasteiger partial charge in [0, 0.05) is 13.1 Å². The Hall–Kier alpha value is -2.86. The fraction of sp³-hybridized carbons (Fsp3) is 0.300. The first kappa shape index (κ1) is 16.6. The number of ether oxygens (including phenoxy) is 1. The van der Waals surface area contributed by atoms with Crippen LogP contribution in [0.25, 0.3) is 0 Å². The first-order valence-electron chi connectivity index (χ1n) is 8.80. The number of nitrogens with one attached hydrogen (secondary N) is 1. The molecular formula is C20H21N3O3. The van der Waals surface area contributed by atoms with Gasteiger partial charge in [-0.15, -0.1) is 0 Å². The summed E-state index contributed by atoms with van der Waals surface area (Å²) in [5, 5.41) is 2.79. The average Bonchev–Trinajstić information content (AvgIpc) is 2.67. The van der Waals surface area contributed by atoms with Crippen molar-refractivity contribution >= 4 is 17.5 Å². The summed E-state index contributed by atoms with van der Waals surface area (Å²) in [7, 11) is 0. The minimum atomic E-state index is -0.183. The van der Waals surface area contributed by atoms with Gasteiger partial charge in [-0.25, -0.2) is 0 Å². The highest BCUT2D eigenvalue weighted by Crippen LogP contribution is 2.39. The molecule has 134 valence electrons. The largest absolute Gasteiger partial charge is 0.489 e. The zero-order valence-corrected chi connectivity index (χ0v) is 14.4. The van der Waals surface area contributed by atoms with Gasteiger partial charge in [-0.05, 0) is 17.7 Å². The maximum absolute atomic E-state index is 13.2. The van der Waals surface area contributed by atoms with Gasteiger partial charge in [0.1, 0.15) is 12.4 Å². The SMILES string of the molecule is O=C1CN(CC(=O)N2c3ccccc3OC[C@@H]2c2ccccc2)CCN1. The van der Waals surface area contributed by atoms with Crippen LogP contribution in [0.3, 0.4) is 0 Å². The molecule has 2 heterocycles. The van der Waals surface area contributed by atoms with Crippen molar-refractivity contribution in [2.45, 2.75) is 6.04 Å². The van der Waals surface area contributed by atoms with Crippen molar-refractivity contribution in [2.75, 3.05) is 37.7 Å². The lowest BCUT2D eigenvalue weighted by molar-refractivity contribution is -0.126. The molecule has 1 saturated heterocycles. The number of para-hydroxylation sites is 2. The third-order valence-electron chi connectivity index (χ3n) is 4.76. The van der Waals surface area contributed by atoms with Crippen molar-refractivity contribution in [2.24, 2.45) is 0 Å². The lowest BCUT2D eigenvalue weighted by atomic mass is 10.0. The van der Waals surface area contributed by atoms with Crippen LogP contribution >= 0.6 is 0 Å². The number of anilines is 1. The van der Waals surface area contributed by atoms with E-state index in [1.165, 1.54) is 0 Å². The van der Waals surface area contributed by atoms with E-state index in [1.54, 1.807) is 0 Å². The molecule has 6 heteroatoms. The van der Waals surface area contributed by atoms with E-state index in [9.17, 15) is 9.59 Å². The number of rotatable bonds is 3. The summed E-state index contributed by atoms with van der Waals surface area (Å²) in [5.41, 5.74) is 1.81. The van der Waals surface area contributed by atoms with Crippen molar-refractivity contribution in [3.63, 3.8) is 0 Å². The molecule has 2 aliphatic rings. The van der Waals surface area contributed by atoms with E-state index >= 15 is 0 Å². The van der Waals surface area contributed by atoms with E-state index in [2.05, 4.69) is 5.32 Å². The summed E-state index contributed by atoms with van der Waals surface area (Å²) in [6.45, 7) is 2.14. The number of benzene rings is 2. The number of nitrogens with zero attached hydrogens (tertiary/aromatic N) is 2. The number of carbonyl (C=O) groups is 2. The minimum absolute atomic E-state index is 0.0238. The number of amides is 2. The van der Waals surface area contributed by atoms with Crippen LogP contribution in [0.4, 0.5) is 5.69 Å². The molecular weight excluding hydrogens is 330 g/mol. The smallest absolute Gasteiger partial charge is 0.241 e. The maximum Gasteiger partial charge on any atom is 0.241 e. The van der Waals surface area contributed by atoms with E-state index < -0.39 is 0 Å². The highest BCUT2D eigenvalue weighted by Gasteiger charge is 2.34. The Morgan fingerprint density at radius 3 is 2.69 bits per heavy atom. The lowest BCUT2D eigenvalue weighted by Crippen LogP contribution is -2.52. The summed E-state index contributed by atoms with van der Waals surface area (Å²) < 4.78 is 5.91. The molecule has 0 bridgehead atoms. The van der Waals surface area contributed by atoms with E-state index in [0.717, 1.165) is 11.3 Å². The Morgan fingerprint density at radius 2 is 1.88 bits per heavy atom. The Kier molecular flexibility index (Phi) is 4.58. The standard InChI is InChI=1S/C20H21N3O3/c24-19-12-22(11-10-21-19)13-20(25)23-16-8-4-5-9-18(16)26-14-17(23)15-6-2-1-3-7-15/h1-9,17H,10-14H2,(H,21,24)/t17-/m1/s1. The second-order valence-electron chi connectivity index (χ2n) is 6.53. The van der Waals surface area contributed by atoms with Crippen LogP contribution in [0, 0.1) is 0 Å². The Morgan fingerprint density at radius 1 is 1.12 bits per heavy atom. The van der Waals surface area contributed by atoms with Crippen molar-refractivity contribution in [1.82, 2.24) is 10.2 Å². The molecule has 0 saturated carbocycles. The second-order valence-corrected chi connectivity index (χ2v) is 6.53. The van der Waals surface area contributed by atoms with Gasteiger partial charge in [0.2, 0.25) is 11.8 Å². The molecule has 0 radical (unpaired) electrons. The first-order valence-corrected chi connectivity index (χ1v) is 8.80. The molecule has 2 aliphatic heterocycles. The van der Waals surface area contributed by atoms with Crippen molar-refractivity contribution in [3.8, 4) is 5.75 Å². The topological polar surface area (TPSA) is 61.9 Å². The molecule has 2 aromatic rings. The van der Waals surface area contributed by atoms with Crippen LogP contribution in [0.5, 0.6) is 5.75 Å². The first-order chi connectivity index (χ1) is 12.7. The molecule has 2 aromatic carbocycles. The molecule has 4 rings (SSSR count). The number of carbonyl (C=O) groups excluding carboxylic acids is 2. The van der Waals surface area contributed by atoms with Gasteiger partial charge in [-0.1, -0.05) is 42.5 Å².